The Morgan fingerprint density at radius 3 is 2.61 bits per heavy atom. The van der Waals surface area contributed by atoms with Crippen LogP contribution in [0.4, 0.5) is 4.79 Å². The van der Waals surface area contributed by atoms with Crippen molar-refractivity contribution in [1.29, 1.82) is 0 Å². The standard InChI is InChI=1S/C24H34N4O5/c1-26-19(17-10-11-20(32-2)21(15-17)33-18-7-3-4-8-18)16-23(30)28(26)24(31)25-12-6-14-27-13-5-9-22(27)29/h10-11,15,18-19H,3-9,12-14,16H2,1-2H3,(H,25,31). The van der Waals surface area contributed by atoms with Crippen molar-refractivity contribution < 1.29 is 23.9 Å². The maximum absolute atomic E-state index is 12.7. The number of urea groups is 1. The Morgan fingerprint density at radius 1 is 1.12 bits per heavy atom. The molecule has 9 nitrogen and oxygen atoms in total. The summed E-state index contributed by atoms with van der Waals surface area (Å²) in [5.74, 6) is 1.28. The van der Waals surface area contributed by atoms with Crippen LogP contribution in [0.2, 0.25) is 0 Å². The van der Waals surface area contributed by atoms with Crippen LogP contribution in [0.1, 0.15) is 63.0 Å². The van der Waals surface area contributed by atoms with Crippen molar-refractivity contribution in [2.24, 2.45) is 0 Å². The van der Waals surface area contributed by atoms with E-state index in [1.54, 1.807) is 19.2 Å². The summed E-state index contributed by atoms with van der Waals surface area (Å²) >= 11 is 0. The first-order valence-electron chi connectivity index (χ1n) is 11.9. The summed E-state index contributed by atoms with van der Waals surface area (Å²) in [5, 5.41) is 5.67. The molecule has 4 amide bonds. The van der Waals surface area contributed by atoms with Gasteiger partial charge in [0.1, 0.15) is 0 Å². The fourth-order valence-electron chi connectivity index (χ4n) is 4.95. The van der Waals surface area contributed by atoms with E-state index < -0.39 is 6.03 Å². The Kier molecular flexibility index (Phi) is 7.37. The van der Waals surface area contributed by atoms with Crippen molar-refractivity contribution in [2.75, 3.05) is 33.8 Å². The second-order valence-corrected chi connectivity index (χ2v) is 9.00. The van der Waals surface area contributed by atoms with Gasteiger partial charge in [0.2, 0.25) is 11.8 Å². The number of amides is 4. The Hall–Kier alpha value is -2.81. The Bertz CT molecular complexity index is 886. The van der Waals surface area contributed by atoms with Crippen LogP contribution in [0.15, 0.2) is 18.2 Å². The lowest BCUT2D eigenvalue weighted by Gasteiger charge is -2.27. The number of nitrogens with zero attached hydrogens (tertiary/aromatic N) is 3. The minimum Gasteiger partial charge on any atom is -0.493 e. The predicted octanol–water partition coefficient (Wildman–Crippen LogP) is 2.86. The highest BCUT2D eigenvalue weighted by molar-refractivity contribution is 5.95. The lowest BCUT2D eigenvalue weighted by atomic mass is 10.0. The van der Waals surface area contributed by atoms with Crippen molar-refractivity contribution >= 4 is 17.8 Å². The van der Waals surface area contributed by atoms with Gasteiger partial charge in [-0.1, -0.05) is 6.07 Å². The molecule has 2 heterocycles. The van der Waals surface area contributed by atoms with Gasteiger partial charge in [-0.25, -0.2) is 9.80 Å². The molecule has 0 radical (unpaired) electrons. The number of carbonyl (C=O) groups excluding carboxylic acids is 3. The second-order valence-electron chi connectivity index (χ2n) is 9.00. The largest absolute Gasteiger partial charge is 0.493 e. The number of hydrogen-bond acceptors (Lipinski definition) is 6. The molecule has 0 aromatic heterocycles. The van der Waals surface area contributed by atoms with Crippen LogP contribution in [-0.2, 0) is 9.59 Å². The highest BCUT2D eigenvalue weighted by Crippen LogP contribution is 2.38. The molecule has 1 saturated carbocycles. The fourth-order valence-corrected chi connectivity index (χ4v) is 4.95. The number of carbonyl (C=O) groups is 3. The van der Waals surface area contributed by atoms with Gasteiger partial charge < -0.3 is 19.7 Å². The molecule has 180 valence electrons. The van der Waals surface area contributed by atoms with Crippen LogP contribution in [0, 0.1) is 0 Å². The van der Waals surface area contributed by atoms with Gasteiger partial charge in [-0.15, -0.1) is 0 Å². The number of ether oxygens (including phenoxy) is 2. The zero-order valence-corrected chi connectivity index (χ0v) is 19.5. The van der Waals surface area contributed by atoms with Crippen LogP contribution in [0.5, 0.6) is 11.5 Å². The van der Waals surface area contributed by atoms with Gasteiger partial charge in [-0.05, 0) is 56.2 Å². The number of methoxy groups -OCH3 is 1. The number of likely N-dealkylation sites (tertiary alicyclic amines) is 1. The molecule has 1 aromatic carbocycles. The van der Waals surface area contributed by atoms with Gasteiger partial charge >= 0.3 is 6.03 Å². The quantitative estimate of drug-likeness (QED) is 0.603. The number of benzene rings is 1. The average molecular weight is 459 g/mol. The van der Waals surface area contributed by atoms with Crippen LogP contribution in [0.25, 0.3) is 0 Å². The monoisotopic (exact) mass is 458 g/mol. The maximum atomic E-state index is 12.7. The van der Waals surface area contributed by atoms with Crippen molar-refractivity contribution in [3.63, 3.8) is 0 Å². The van der Waals surface area contributed by atoms with E-state index in [0.717, 1.165) is 31.4 Å². The van der Waals surface area contributed by atoms with E-state index in [-0.39, 0.29) is 30.4 Å². The van der Waals surface area contributed by atoms with Gasteiger partial charge in [0.15, 0.2) is 11.5 Å². The summed E-state index contributed by atoms with van der Waals surface area (Å²) in [6, 6.07) is 5.01. The van der Waals surface area contributed by atoms with E-state index in [1.807, 2.05) is 23.1 Å². The molecule has 2 aliphatic heterocycles. The van der Waals surface area contributed by atoms with Gasteiger partial charge in [-0.2, -0.15) is 5.01 Å². The zero-order valence-electron chi connectivity index (χ0n) is 19.5. The van der Waals surface area contributed by atoms with Crippen LogP contribution >= 0.6 is 0 Å². The molecule has 3 fully saturated rings. The third kappa shape index (κ3) is 5.24. The lowest BCUT2D eigenvalue weighted by molar-refractivity contribution is -0.131. The summed E-state index contributed by atoms with van der Waals surface area (Å²) in [7, 11) is 3.37. The Labute approximate surface area is 194 Å². The summed E-state index contributed by atoms with van der Waals surface area (Å²) in [6.45, 7) is 1.82. The van der Waals surface area contributed by atoms with Crippen LogP contribution < -0.4 is 14.8 Å². The van der Waals surface area contributed by atoms with E-state index in [4.69, 9.17) is 9.47 Å². The Morgan fingerprint density at radius 2 is 1.91 bits per heavy atom. The molecule has 3 aliphatic rings. The van der Waals surface area contributed by atoms with E-state index in [9.17, 15) is 14.4 Å². The molecule has 1 aromatic rings. The molecule has 1 N–H and O–H groups in total. The van der Waals surface area contributed by atoms with E-state index in [0.29, 0.717) is 37.4 Å². The minimum atomic E-state index is -0.436. The van der Waals surface area contributed by atoms with Gasteiger partial charge in [0, 0.05) is 33.1 Å². The van der Waals surface area contributed by atoms with E-state index in [2.05, 4.69) is 5.32 Å². The molecule has 0 bridgehead atoms. The smallest absolute Gasteiger partial charge is 0.339 e. The number of hydrazine groups is 1. The molecule has 1 aliphatic carbocycles. The summed E-state index contributed by atoms with van der Waals surface area (Å²) in [4.78, 5) is 38.9. The van der Waals surface area contributed by atoms with Gasteiger partial charge in [-0.3, -0.25) is 9.59 Å². The second kappa shape index (κ2) is 10.4. The molecule has 2 saturated heterocycles. The highest BCUT2D eigenvalue weighted by Gasteiger charge is 2.40. The fraction of sp³-hybridized carbons (Fsp3) is 0.625. The predicted molar refractivity (Wildman–Crippen MR) is 122 cm³/mol. The molecular weight excluding hydrogens is 424 g/mol. The molecule has 1 atom stereocenters. The van der Waals surface area contributed by atoms with Crippen molar-refractivity contribution in [3.05, 3.63) is 23.8 Å². The number of nitrogens with one attached hydrogen (secondary N) is 1. The maximum Gasteiger partial charge on any atom is 0.339 e. The highest BCUT2D eigenvalue weighted by atomic mass is 16.5. The SMILES string of the molecule is COc1ccc(C2CC(=O)N(C(=O)NCCCN3CCCC3=O)N2C)cc1OC1CCCC1. The first kappa shape index (κ1) is 23.4. The molecule has 0 spiro atoms. The normalized spacial score (nSPS) is 21.8. The van der Waals surface area contributed by atoms with Crippen molar-refractivity contribution in [2.45, 2.75) is 63.5 Å². The number of imide groups is 1. The molecule has 4 rings (SSSR count). The van der Waals surface area contributed by atoms with Crippen molar-refractivity contribution in [3.8, 4) is 11.5 Å². The van der Waals surface area contributed by atoms with E-state index in [1.165, 1.54) is 17.9 Å². The van der Waals surface area contributed by atoms with Gasteiger partial charge in [0.05, 0.1) is 25.7 Å². The number of rotatable bonds is 8. The average Bonchev–Trinajstić information content (AvgIpc) is 3.52. The van der Waals surface area contributed by atoms with E-state index >= 15 is 0 Å². The molecule has 9 heteroatoms. The number of hydrogen-bond donors (Lipinski definition) is 1. The summed E-state index contributed by atoms with van der Waals surface area (Å²) in [6.07, 6.45) is 6.99. The summed E-state index contributed by atoms with van der Waals surface area (Å²) < 4.78 is 11.7. The topological polar surface area (TPSA) is 91.4 Å². The molecule has 33 heavy (non-hydrogen) atoms. The zero-order chi connectivity index (χ0) is 23.4. The van der Waals surface area contributed by atoms with Crippen molar-refractivity contribution in [1.82, 2.24) is 20.2 Å². The van der Waals surface area contributed by atoms with Crippen LogP contribution in [-0.4, -0.2) is 72.7 Å². The minimum absolute atomic E-state index is 0.175. The summed E-state index contributed by atoms with van der Waals surface area (Å²) in [5.41, 5.74) is 0.905. The lowest BCUT2D eigenvalue weighted by Crippen LogP contribution is -2.48. The third-order valence-corrected chi connectivity index (χ3v) is 6.78. The first-order chi connectivity index (χ1) is 16.0. The first-order valence-corrected chi connectivity index (χ1v) is 11.9. The van der Waals surface area contributed by atoms with Crippen LogP contribution in [0.3, 0.4) is 0 Å². The molecular formula is C24H34N4O5. The third-order valence-electron chi connectivity index (χ3n) is 6.78. The molecule has 1 unspecified atom stereocenters. The van der Waals surface area contributed by atoms with Gasteiger partial charge in [0.25, 0.3) is 0 Å². The Balaban J connectivity index is 1.36.